The number of hydrogen-bond donors (Lipinski definition) is 2. The molecule has 2 aromatic rings. The third-order valence-electron chi connectivity index (χ3n) is 6.23. The van der Waals surface area contributed by atoms with Crippen LogP contribution in [0.1, 0.15) is 5.56 Å². The fourth-order valence-corrected chi connectivity index (χ4v) is 4.12. The Morgan fingerprint density at radius 1 is 1.07 bits per heavy atom. The van der Waals surface area contributed by atoms with Crippen LogP contribution in [0.5, 0.6) is 0 Å². The first-order chi connectivity index (χ1) is 14.6. The molecule has 1 aromatic carbocycles. The largest absolute Gasteiger partial charge is 0.369 e. The minimum absolute atomic E-state index is 0.00446. The van der Waals surface area contributed by atoms with E-state index in [1.807, 2.05) is 11.1 Å². The monoisotopic (exact) mass is 408 g/mol. The first-order valence-electron chi connectivity index (χ1n) is 10.5. The van der Waals surface area contributed by atoms with E-state index >= 15 is 0 Å². The van der Waals surface area contributed by atoms with Gasteiger partial charge >= 0.3 is 6.03 Å². The van der Waals surface area contributed by atoms with E-state index in [1.54, 1.807) is 11.9 Å². The molecule has 2 saturated heterocycles. The summed E-state index contributed by atoms with van der Waals surface area (Å²) in [5.41, 5.74) is 3.13. The number of carbonyl (C=O) groups excluding carboxylic acids is 1. The fourth-order valence-electron chi connectivity index (χ4n) is 4.12. The molecule has 0 unspecified atom stereocenters. The van der Waals surface area contributed by atoms with Crippen molar-refractivity contribution >= 4 is 29.2 Å². The lowest BCUT2D eigenvalue weighted by molar-refractivity contribution is 0.147. The SMILES string of the molecule is CN1CCN(c2ccc(Nc3ncc4c(n3)N(C)C(=O)N(C3CNC3)C4)cc2)CC1. The molecule has 3 aliphatic rings. The van der Waals surface area contributed by atoms with Gasteiger partial charge in [0.2, 0.25) is 5.95 Å². The van der Waals surface area contributed by atoms with E-state index in [9.17, 15) is 4.79 Å². The third kappa shape index (κ3) is 3.54. The van der Waals surface area contributed by atoms with Crippen LogP contribution in [0.15, 0.2) is 30.5 Å². The van der Waals surface area contributed by atoms with Crippen LogP contribution < -0.4 is 20.4 Å². The first-order valence-corrected chi connectivity index (χ1v) is 10.5. The van der Waals surface area contributed by atoms with Gasteiger partial charge in [0.1, 0.15) is 5.82 Å². The molecule has 0 aliphatic carbocycles. The number of urea groups is 1. The zero-order chi connectivity index (χ0) is 20.7. The summed E-state index contributed by atoms with van der Waals surface area (Å²) >= 11 is 0. The molecule has 9 heteroatoms. The Bertz CT molecular complexity index is 921. The van der Waals surface area contributed by atoms with E-state index < -0.39 is 0 Å². The lowest BCUT2D eigenvalue weighted by atomic mass is 10.1. The van der Waals surface area contributed by atoms with Gasteiger partial charge in [0.15, 0.2) is 0 Å². The van der Waals surface area contributed by atoms with Gasteiger partial charge in [-0.2, -0.15) is 4.98 Å². The summed E-state index contributed by atoms with van der Waals surface area (Å²) in [5, 5.41) is 6.49. The van der Waals surface area contributed by atoms with Gasteiger partial charge in [-0.25, -0.2) is 9.78 Å². The molecule has 1 aromatic heterocycles. The predicted molar refractivity (Wildman–Crippen MR) is 117 cm³/mol. The zero-order valence-electron chi connectivity index (χ0n) is 17.5. The van der Waals surface area contributed by atoms with Crippen molar-refractivity contribution in [2.45, 2.75) is 12.6 Å². The number of nitrogens with zero attached hydrogens (tertiary/aromatic N) is 6. The normalized spacial score (nSPS) is 20.2. The number of benzene rings is 1. The van der Waals surface area contributed by atoms with Crippen molar-refractivity contribution in [3.8, 4) is 0 Å². The number of rotatable bonds is 4. The van der Waals surface area contributed by atoms with Crippen molar-refractivity contribution in [3.63, 3.8) is 0 Å². The molecule has 4 heterocycles. The quantitative estimate of drug-likeness (QED) is 0.790. The highest BCUT2D eigenvalue weighted by molar-refractivity contribution is 5.93. The van der Waals surface area contributed by atoms with Crippen molar-refractivity contribution in [1.82, 2.24) is 25.1 Å². The van der Waals surface area contributed by atoms with Crippen LogP contribution in [-0.2, 0) is 6.54 Å². The molecular formula is C21H28N8O. The fraction of sp³-hybridized carbons (Fsp3) is 0.476. The second-order valence-electron chi connectivity index (χ2n) is 8.29. The van der Waals surface area contributed by atoms with E-state index in [4.69, 9.17) is 0 Å². The van der Waals surface area contributed by atoms with Gasteiger partial charge < -0.3 is 25.3 Å². The minimum atomic E-state index is -0.00446. The average Bonchev–Trinajstić information content (AvgIpc) is 2.72. The second-order valence-corrected chi connectivity index (χ2v) is 8.29. The Morgan fingerprint density at radius 3 is 2.47 bits per heavy atom. The molecular weight excluding hydrogens is 380 g/mol. The van der Waals surface area contributed by atoms with Crippen LogP contribution in [0.2, 0.25) is 0 Å². The van der Waals surface area contributed by atoms with Gasteiger partial charge in [-0.1, -0.05) is 0 Å². The van der Waals surface area contributed by atoms with Crippen molar-refractivity contribution in [1.29, 1.82) is 0 Å². The van der Waals surface area contributed by atoms with Gasteiger partial charge in [0.25, 0.3) is 0 Å². The molecule has 5 rings (SSSR count). The molecule has 158 valence electrons. The van der Waals surface area contributed by atoms with Gasteiger partial charge in [-0.3, -0.25) is 4.90 Å². The second kappa shape index (κ2) is 7.73. The number of anilines is 4. The van der Waals surface area contributed by atoms with Crippen molar-refractivity contribution in [3.05, 3.63) is 36.0 Å². The highest BCUT2D eigenvalue weighted by Crippen LogP contribution is 2.29. The van der Waals surface area contributed by atoms with Crippen LogP contribution in [0.3, 0.4) is 0 Å². The van der Waals surface area contributed by atoms with Crippen LogP contribution in [0.25, 0.3) is 0 Å². The number of piperazine rings is 1. The average molecular weight is 409 g/mol. The molecule has 2 amide bonds. The summed E-state index contributed by atoms with van der Waals surface area (Å²) in [7, 11) is 3.94. The topological polar surface area (TPSA) is 79.9 Å². The first kappa shape index (κ1) is 19.1. The smallest absolute Gasteiger partial charge is 0.326 e. The van der Waals surface area contributed by atoms with Crippen LogP contribution in [0.4, 0.5) is 27.9 Å². The van der Waals surface area contributed by atoms with Gasteiger partial charge in [-0.05, 0) is 31.3 Å². The lowest BCUT2D eigenvalue weighted by Gasteiger charge is -2.42. The van der Waals surface area contributed by atoms with E-state index in [2.05, 4.69) is 61.7 Å². The maximum absolute atomic E-state index is 12.7. The zero-order valence-corrected chi connectivity index (χ0v) is 17.5. The van der Waals surface area contributed by atoms with E-state index in [0.717, 1.165) is 50.5 Å². The van der Waals surface area contributed by atoms with E-state index in [0.29, 0.717) is 18.3 Å². The summed E-state index contributed by atoms with van der Waals surface area (Å²) < 4.78 is 0. The van der Waals surface area contributed by atoms with Crippen molar-refractivity contribution < 1.29 is 4.79 Å². The highest BCUT2D eigenvalue weighted by Gasteiger charge is 2.36. The molecule has 3 aliphatic heterocycles. The molecule has 2 fully saturated rings. The molecule has 0 atom stereocenters. The number of hydrogen-bond acceptors (Lipinski definition) is 7. The Kier molecular flexibility index (Phi) is 4.92. The van der Waals surface area contributed by atoms with Gasteiger partial charge in [0, 0.05) is 69.5 Å². The molecule has 2 N–H and O–H groups in total. The summed E-state index contributed by atoms with van der Waals surface area (Å²) in [4.78, 5) is 30.1. The number of carbonyl (C=O) groups is 1. The Hall–Kier alpha value is -2.91. The maximum Gasteiger partial charge on any atom is 0.326 e. The number of amides is 2. The Labute approximate surface area is 176 Å². The van der Waals surface area contributed by atoms with Crippen molar-refractivity contribution in [2.24, 2.45) is 0 Å². The summed E-state index contributed by atoms with van der Waals surface area (Å²) in [5.74, 6) is 1.18. The molecule has 0 saturated carbocycles. The van der Waals surface area contributed by atoms with Gasteiger partial charge in [-0.15, -0.1) is 0 Å². The molecule has 0 spiro atoms. The van der Waals surface area contributed by atoms with Crippen LogP contribution >= 0.6 is 0 Å². The summed E-state index contributed by atoms with van der Waals surface area (Å²) in [6.45, 7) is 6.52. The minimum Gasteiger partial charge on any atom is -0.369 e. The van der Waals surface area contributed by atoms with Gasteiger partial charge in [0.05, 0.1) is 12.6 Å². The summed E-state index contributed by atoms with van der Waals surface area (Å²) in [6.07, 6.45) is 1.82. The standard InChI is InChI=1S/C21H28N8O/c1-26-7-9-28(10-8-26)17-5-3-16(4-6-17)24-20-23-11-15-14-29(18-12-22-13-18)21(30)27(2)19(15)25-20/h3-6,11,18,22H,7-10,12-14H2,1-2H3,(H,23,24,25). The van der Waals surface area contributed by atoms with Crippen molar-refractivity contribution in [2.75, 3.05) is 68.5 Å². The van der Waals surface area contributed by atoms with Crippen LogP contribution in [0, 0.1) is 0 Å². The molecule has 30 heavy (non-hydrogen) atoms. The number of nitrogens with one attached hydrogen (secondary N) is 2. The van der Waals surface area contributed by atoms with E-state index in [1.165, 1.54) is 5.69 Å². The lowest BCUT2D eigenvalue weighted by Crippen LogP contribution is -2.62. The Morgan fingerprint density at radius 2 is 1.80 bits per heavy atom. The third-order valence-corrected chi connectivity index (χ3v) is 6.23. The van der Waals surface area contributed by atoms with E-state index in [-0.39, 0.29) is 12.1 Å². The number of fused-ring (bicyclic) bond motifs is 1. The highest BCUT2D eigenvalue weighted by atomic mass is 16.2. The molecule has 0 radical (unpaired) electrons. The van der Waals surface area contributed by atoms with Crippen LogP contribution in [-0.4, -0.2) is 85.2 Å². The summed E-state index contributed by atoms with van der Waals surface area (Å²) in [6, 6.07) is 8.62. The molecule has 9 nitrogen and oxygen atoms in total. The number of likely N-dealkylation sites (N-methyl/N-ethyl adjacent to an activating group) is 1. The molecule has 0 bridgehead atoms. The predicted octanol–water partition coefficient (Wildman–Crippen LogP) is 1.32. The number of aromatic nitrogens is 2. The Balaban J connectivity index is 1.29. The maximum atomic E-state index is 12.7.